The summed E-state index contributed by atoms with van der Waals surface area (Å²) < 4.78 is 15.6. The Labute approximate surface area is 172 Å². The summed E-state index contributed by atoms with van der Waals surface area (Å²) >= 11 is 0. The molecule has 0 saturated heterocycles. The second-order valence-corrected chi connectivity index (χ2v) is 6.12. The Morgan fingerprint density at radius 3 is 2.17 bits per heavy atom. The van der Waals surface area contributed by atoms with Crippen LogP contribution in [-0.2, 0) is 0 Å². The van der Waals surface area contributed by atoms with Gasteiger partial charge in [-0.25, -0.2) is 5.43 Å². The maximum Gasteiger partial charge on any atom is 0.282 e. The number of hydrogen-bond acceptors (Lipinski definition) is 7. The Kier molecular flexibility index (Phi) is 6.11. The monoisotopic (exact) mass is 409 g/mol. The SMILES string of the molecule is COc1cc(C=NNC(=O)c2cc3ccccc3cc2OC)c([N+](=O)[O-])cc1OC. The molecule has 1 amide bonds. The van der Waals surface area contributed by atoms with E-state index in [0.717, 1.165) is 10.8 Å². The lowest BCUT2D eigenvalue weighted by Gasteiger charge is -2.10. The number of fused-ring (bicyclic) bond motifs is 1. The summed E-state index contributed by atoms with van der Waals surface area (Å²) in [5.41, 5.74) is 2.56. The predicted molar refractivity (Wildman–Crippen MR) is 112 cm³/mol. The molecular weight excluding hydrogens is 390 g/mol. The van der Waals surface area contributed by atoms with Crippen LogP contribution >= 0.6 is 0 Å². The van der Waals surface area contributed by atoms with Gasteiger partial charge in [-0.3, -0.25) is 14.9 Å². The molecule has 9 heteroatoms. The average Bonchev–Trinajstić information content (AvgIpc) is 2.77. The number of nitro benzene ring substituents is 1. The van der Waals surface area contributed by atoms with Crippen LogP contribution in [0.4, 0.5) is 5.69 Å². The summed E-state index contributed by atoms with van der Waals surface area (Å²) in [5, 5.41) is 17.0. The molecule has 0 aliphatic rings. The van der Waals surface area contributed by atoms with Crippen molar-refractivity contribution in [1.82, 2.24) is 5.43 Å². The highest BCUT2D eigenvalue weighted by Gasteiger charge is 2.19. The molecule has 0 aliphatic carbocycles. The van der Waals surface area contributed by atoms with Gasteiger partial charge in [-0.15, -0.1) is 0 Å². The van der Waals surface area contributed by atoms with Crippen LogP contribution in [0, 0.1) is 10.1 Å². The lowest BCUT2D eigenvalue weighted by Crippen LogP contribution is -2.18. The minimum absolute atomic E-state index is 0.142. The van der Waals surface area contributed by atoms with Gasteiger partial charge >= 0.3 is 0 Å². The normalized spacial score (nSPS) is 10.8. The third-order valence-corrected chi connectivity index (χ3v) is 4.41. The molecule has 1 N–H and O–H groups in total. The summed E-state index contributed by atoms with van der Waals surface area (Å²) in [6, 6.07) is 13.6. The molecule has 3 rings (SSSR count). The van der Waals surface area contributed by atoms with Gasteiger partial charge in [0, 0.05) is 0 Å². The van der Waals surface area contributed by atoms with Crippen molar-refractivity contribution in [1.29, 1.82) is 0 Å². The van der Waals surface area contributed by atoms with Crippen LogP contribution in [0.15, 0.2) is 53.6 Å². The molecule has 30 heavy (non-hydrogen) atoms. The van der Waals surface area contributed by atoms with E-state index in [0.29, 0.717) is 11.5 Å². The first-order valence-electron chi connectivity index (χ1n) is 8.79. The van der Waals surface area contributed by atoms with E-state index in [1.165, 1.54) is 39.7 Å². The first-order chi connectivity index (χ1) is 14.5. The van der Waals surface area contributed by atoms with Crippen molar-refractivity contribution in [2.45, 2.75) is 0 Å². The smallest absolute Gasteiger partial charge is 0.282 e. The standard InChI is InChI=1S/C21H19N3O6/c1-28-18-9-14-7-5-4-6-13(14)8-16(18)21(25)23-22-12-15-10-19(29-2)20(30-3)11-17(15)24(26)27/h4-12H,1-3H3,(H,23,25). The Morgan fingerprint density at radius 1 is 0.967 bits per heavy atom. The van der Waals surface area contributed by atoms with E-state index in [1.807, 2.05) is 24.3 Å². The van der Waals surface area contributed by atoms with Crippen molar-refractivity contribution >= 4 is 28.6 Å². The number of nitrogens with zero attached hydrogens (tertiary/aromatic N) is 2. The molecule has 0 atom stereocenters. The highest BCUT2D eigenvalue weighted by atomic mass is 16.6. The largest absolute Gasteiger partial charge is 0.496 e. The minimum atomic E-state index is -0.572. The fourth-order valence-electron chi connectivity index (χ4n) is 2.93. The zero-order valence-electron chi connectivity index (χ0n) is 16.5. The van der Waals surface area contributed by atoms with Gasteiger partial charge in [-0.05, 0) is 29.0 Å². The van der Waals surface area contributed by atoms with Crippen LogP contribution in [0.25, 0.3) is 10.8 Å². The number of hydrogen-bond donors (Lipinski definition) is 1. The van der Waals surface area contributed by atoms with Crippen molar-refractivity contribution in [2.24, 2.45) is 5.10 Å². The topological polar surface area (TPSA) is 112 Å². The van der Waals surface area contributed by atoms with Gasteiger partial charge in [0.2, 0.25) is 0 Å². The van der Waals surface area contributed by atoms with E-state index in [2.05, 4.69) is 10.5 Å². The number of nitro groups is 1. The first kappa shape index (κ1) is 20.6. The van der Waals surface area contributed by atoms with Gasteiger partial charge in [-0.2, -0.15) is 5.10 Å². The lowest BCUT2D eigenvalue weighted by molar-refractivity contribution is -0.385. The van der Waals surface area contributed by atoms with Gasteiger partial charge in [0.05, 0.1) is 49.7 Å². The molecule has 0 fully saturated rings. The third kappa shape index (κ3) is 4.14. The van der Waals surface area contributed by atoms with Crippen LogP contribution in [0.5, 0.6) is 17.2 Å². The Morgan fingerprint density at radius 2 is 1.57 bits per heavy atom. The molecule has 0 radical (unpaired) electrons. The third-order valence-electron chi connectivity index (χ3n) is 4.41. The van der Waals surface area contributed by atoms with Crippen LogP contribution in [0.2, 0.25) is 0 Å². The van der Waals surface area contributed by atoms with Gasteiger partial charge in [-0.1, -0.05) is 24.3 Å². The highest BCUT2D eigenvalue weighted by molar-refractivity contribution is 6.02. The summed E-state index contributed by atoms with van der Waals surface area (Å²) in [6.45, 7) is 0. The number of amides is 1. The number of nitrogens with one attached hydrogen (secondary N) is 1. The van der Waals surface area contributed by atoms with E-state index in [4.69, 9.17) is 14.2 Å². The summed E-state index contributed by atoms with van der Waals surface area (Å²) in [7, 11) is 4.27. The number of carbonyl (C=O) groups is 1. The summed E-state index contributed by atoms with van der Waals surface area (Å²) in [5.74, 6) is 0.383. The van der Waals surface area contributed by atoms with E-state index >= 15 is 0 Å². The Hall–Kier alpha value is -4.14. The molecule has 0 unspecified atom stereocenters. The van der Waals surface area contributed by atoms with Crippen molar-refractivity contribution in [3.63, 3.8) is 0 Å². The van der Waals surface area contributed by atoms with Gasteiger partial charge in [0.1, 0.15) is 5.75 Å². The molecule has 0 aliphatic heterocycles. The molecule has 154 valence electrons. The number of ether oxygens (including phenoxy) is 3. The number of methoxy groups -OCH3 is 3. The van der Waals surface area contributed by atoms with Crippen molar-refractivity contribution in [3.05, 3.63) is 69.8 Å². The molecule has 3 aromatic carbocycles. The van der Waals surface area contributed by atoms with Crippen LogP contribution in [0.3, 0.4) is 0 Å². The fourth-order valence-corrected chi connectivity index (χ4v) is 2.93. The predicted octanol–water partition coefficient (Wildman–Crippen LogP) is 3.54. The van der Waals surface area contributed by atoms with Crippen LogP contribution < -0.4 is 19.6 Å². The summed E-state index contributed by atoms with van der Waals surface area (Å²) in [4.78, 5) is 23.4. The molecule has 3 aromatic rings. The summed E-state index contributed by atoms with van der Waals surface area (Å²) in [6.07, 6.45) is 1.17. The second kappa shape index (κ2) is 8.91. The van der Waals surface area contributed by atoms with Crippen molar-refractivity contribution < 1.29 is 23.9 Å². The Bertz CT molecular complexity index is 1140. The van der Waals surface area contributed by atoms with Crippen molar-refractivity contribution in [2.75, 3.05) is 21.3 Å². The molecular formula is C21H19N3O6. The van der Waals surface area contributed by atoms with Gasteiger partial charge in [0.15, 0.2) is 11.5 Å². The second-order valence-electron chi connectivity index (χ2n) is 6.12. The molecule has 9 nitrogen and oxygen atoms in total. The Balaban J connectivity index is 1.89. The van der Waals surface area contributed by atoms with E-state index in [1.54, 1.807) is 12.1 Å². The molecule has 0 aromatic heterocycles. The number of hydrazone groups is 1. The van der Waals surface area contributed by atoms with E-state index in [9.17, 15) is 14.9 Å². The number of benzene rings is 3. The zero-order chi connectivity index (χ0) is 21.7. The fraction of sp³-hybridized carbons (Fsp3) is 0.143. The molecule has 0 spiro atoms. The van der Waals surface area contributed by atoms with Crippen LogP contribution in [0.1, 0.15) is 15.9 Å². The number of carbonyl (C=O) groups excluding carboxylic acids is 1. The van der Waals surface area contributed by atoms with Gasteiger partial charge in [0.25, 0.3) is 11.6 Å². The van der Waals surface area contributed by atoms with Gasteiger partial charge < -0.3 is 14.2 Å². The first-order valence-corrected chi connectivity index (χ1v) is 8.79. The minimum Gasteiger partial charge on any atom is -0.496 e. The molecule has 0 heterocycles. The quantitative estimate of drug-likeness (QED) is 0.363. The maximum atomic E-state index is 12.6. The lowest BCUT2D eigenvalue weighted by atomic mass is 10.1. The van der Waals surface area contributed by atoms with Crippen LogP contribution in [-0.4, -0.2) is 38.4 Å². The number of rotatable bonds is 7. The van der Waals surface area contributed by atoms with Crippen molar-refractivity contribution in [3.8, 4) is 17.2 Å². The van der Waals surface area contributed by atoms with E-state index in [-0.39, 0.29) is 22.6 Å². The highest BCUT2D eigenvalue weighted by Crippen LogP contribution is 2.33. The molecule has 0 bridgehead atoms. The zero-order valence-corrected chi connectivity index (χ0v) is 16.5. The maximum absolute atomic E-state index is 12.6. The average molecular weight is 409 g/mol. The van der Waals surface area contributed by atoms with E-state index < -0.39 is 10.8 Å². The molecule has 0 saturated carbocycles.